The van der Waals surface area contributed by atoms with E-state index in [4.69, 9.17) is 0 Å². The van der Waals surface area contributed by atoms with Gasteiger partial charge in [-0.05, 0) is 50.5 Å². The second-order valence-corrected chi connectivity index (χ2v) is 5.39. The van der Waals surface area contributed by atoms with E-state index < -0.39 is 5.54 Å². The minimum Gasteiger partial charge on any atom is -0.340 e. The van der Waals surface area contributed by atoms with E-state index in [0.717, 1.165) is 11.3 Å². The zero-order chi connectivity index (χ0) is 14.2. The predicted octanol–water partition coefficient (Wildman–Crippen LogP) is 1.93. The Labute approximate surface area is 113 Å². The molecule has 19 heavy (non-hydrogen) atoms. The van der Waals surface area contributed by atoms with Crippen LogP contribution in [-0.4, -0.2) is 23.9 Å². The third kappa shape index (κ3) is 2.35. The number of rotatable bonds is 2. The summed E-state index contributed by atoms with van der Waals surface area (Å²) in [5.74, 6) is -0.153. The average Bonchev–Trinajstić information content (AvgIpc) is 2.37. The molecule has 0 aliphatic carbocycles. The zero-order valence-electron chi connectivity index (χ0n) is 11.9. The van der Waals surface area contributed by atoms with Crippen LogP contribution in [-0.2, 0) is 9.59 Å². The lowest BCUT2D eigenvalue weighted by atomic mass is 9.93. The summed E-state index contributed by atoms with van der Waals surface area (Å²) in [5, 5.41) is 2.79. The van der Waals surface area contributed by atoms with E-state index in [9.17, 15) is 9.59 Å². The fourth-order valence-electron chi connectivity index (χ4n) is 2.26. The minimum absolute atomic E-state index is 0.0437. The first kappa shape index (κ1) is 13.6. The number of anilines is 1. The lowest BCUT2D eigenvalue weighted by Gasteiger charge is -2.39. The molecule has 102 valence electrons. The van der Waals surface area contributed by atoms with Gasteiger partial charge in [-0.15, -0.1) is 0 Å². The van der Waals surface area contributed by atoms with Crippen LogP contribution in [0.3, 0.4) is 0 Å². The van der Waals surface area contributed by atoms with Gasteiger partial charge >= 0.3 is 0 Å². The van der Waals surface area contributed by atoms with E-state index in [0.29, 0.717) is 6.42 Å². The molecule has 1 heterocycles. The molecule has 0 saturated carbocycles. The maximum absolute atomic E-state index is 12.5. The molecule has 1 aromatic rings. The molecule has 1 aliphatic rings. The van der Waals surface area contributed by atoms with Crippen molar-refractivity contribution in [3.05, 3.63) is 29.3 Å². The van der Waals surface area contributed by atoms with Crippen molar-refractivity contribution >= 4 is 17.5 Å². The van der Waals surface area contributed by atoms with Crippen molar-refractivity contribution in [2.24, 2.45) is 0 Å². The third-order valence-corrected chi connectivity index (χ3v) is 3.94. The molecular formula is C15H20N2O2. The summed E-state index contributed by atoms with van der Waals surface area (Å²) in [6, 6.07) is 5.84. The molecule has 0 aromatic heterocycles. The highest BCUT2D eigenvalue weighted by Crippen LogP contribution is 2.25. The number of nitrogens with one attached hydrogen (secondary N) is 1. The van der Waals surface area contributed by atoms with Crippen molar-refractivity contribution in [1.82, 2.24) is 5.32 Å². The summed E-state index contributed by atoms with van der Waals surface area (Å²) in [6.07, 6.45) is 0.582. The number of hydrogen-bond donors (Lipinski definition) is 1. The van der Waals surface area contributed by atoms with Gasteiger partial charge in [0.1, 0.15) is 12.1 Å². The summed E-state index contributed by atoms with van der Waals surface area (Å²) < 4.78 is 0. The molecule has 0 spiro atoms. The van der Waals surface area contributed by atoms with E-state index >= 15 is 0 Å². The van der Waals surface area contributed by atoms with E-state index in [1.165, 1.54) is 5.56 Å². The smallest absolute Gasteiger partial charge is 0.252 e. The summed E-state index contributed by atoms with van der Waals surface area (Å²) >= 11 is 0. The summed E-state index contributed by atoms with van der Waals surface area (Å²) in [6.45, 7) is 7.81. The highest BCUT2D eigenvalue weighted by atomic mass is 16.2. The third-order valence-electron chi connectivity index (χ3n) is 3.94. The van der Waals surface area contributed by atoms with Crippen LogP contribution in [0.1, 0.15) is 31.4 Å². The Bertz CT molecular complexity index is 539. The van der Waals surface area contributed by atoms with Crippen LogP contribution < -0.4 is 10.2 Å². The van der Waals surface area contributed by atoms with Gasteiger partial charge in [0, 0.05) is 5.69 Å². The van der Waals surface area contributed by atoms with Gasteiger partial charge in [0.05, 0.1) is 0 Å². The largest absolute Gasteiger partial charge is 0.340 e. The maximum atomic E-state index is 12.5. The van der Waals surface area contributed by atoms with Gasteiger partial charge in [-0.25, -0.2) is 0 Å². The lowest BCUT2D eigenvalue weighted by molar-refractivity contribution is -0.135. The molecule has 1 aliphatic heterocycles. The van der Waals surface area contributed by atoms with Crippen LogP contribution in [0, 0.1) is 13.8 Å². The van der Waals surface area contributed by atoms with Gasteiger partial charge < -0.3 is 10.2 Å². The number of benzene rings is 1. The predicted molar refractivity (Wildman–Crippen MR) is 75.1 cm³/mol. The molecule has 1 saturated heterocycles. The maximum Gasteiger partial charge on any atom is 0.252 e. The molecule has 1 N–H and O–H groups in total. The highest BCUT2D eigenvalue weighted by molar-refractivity contribution is 6.08. The van der Waals surface area contributed by atoms with Crippen LogP contribution in [0.5, 0.6) is 0 Å². The Morgan fingerprint density at radius 3 is 2.53 bits per heavy atom. The van der Waals surface area contributed by atoms with Crippen LogP contribution in [0.2, 0.25) is 0 Å². The molecule has 4 nitrogen and oxygen atoms in total. The van der Waals surface area contributed by atoms with Crippen molar-refractivity contribution in [1.29, 1.82) is 0 Å². The molecule has 2 amide bonds. The second kappa shape index (κ2) is 4.68. The molecule has 1 aromatic carbocycles. The summed E-state index contributed by atoms with van der Waals surface area (Å²) in [4.78, 5) is 25.9. The fourth-order valence-corrected chi connectivity index (χ4v) is 2.26. The molecular weight excluding hydrogens is 240 g/mol. The number of aryl methyl sites for hydroxylation is 2. The Balaban J connectivity index is 2.40. The van der Waals surface area contributed by atoms with Crippen molar-refractivity contribution in [2.45, 2.75) is 39.7 Å². The topological polar surface area (TPSA) is 49.4 Å². The van der Waals surface area contributed by atoms with Gasteiger partial charge in [0.2, 0.25) is 5.91 Å². The Hall–Kier alpha value is -1.84. The SMILES string of the molecule is CCC1(C)NC(=O)CN(c2ccc(C)c(C)c2)C1=O. The van der Waals surface area contributed by atoms with Crippen molar-refractivity contribution in [3.8, 4) is 0 Å². The molecule has 4 heteroatoms. The van der Waals surface area contributed by atoms with Crippen LogP contribution in [0.4, 0.5) is 5.69 Å². The lowest BCUT2D eigenvalue weighted by Crippen LogP contribution is -2.65. The van der Waals surface area contributed by atoms with Crippen LogP contribution in [0.25, 0.3) is 0 Å². The van der Waals surface area contributed by atoms with E-state index in [1.807, 2.05) is 39.0 Å². The van der Waals surface area contributed by atoms with E-state index in [2.05, 4.69) is 5.32 Å². The minimum atomic E-state index is -0.797. The Kier molecular flexibility index (Phi) is 3.35. The molecule has 0 bridgehead atoms. The number of amides is 2. The van der Waals surface area contributed by atoms with Crippen molar-refractivity contribution in [3.63, 3.8) is 0 Å². The van der Waals surface area contributed by atoms with Gasteiger partial charge in [-0.2, -0.15) is 0 Å². The van der Waals surface area contributed by atoms with Crippen LogP contribution in [0.15, 0.2) is 18.2 Å². The van der Waals surface area contributed by atoms with Gasteiger partial charge in [0.25, 0.3) is 5.91 Å². The number of carbonyl (C=O) groups excluding carboxylic acids is 2. The first-order valence-electron chi connectivity index (χ1n) is 6.57. The van der Waals surface area contributed by atoms with Gasteiger partial charge in [-0.3, -0.25) is 9.59 Å². The Morgan fingerprint density at radius 2 is 1.95 bits per heavy atom. The summed E-state index contributed by atoms with van der Waals surface area (Å²) in [5.41, 5.74) is 2.29. The molecule has 1 atom stereocenters. The van der Waals surface area contributed by atoms with Crippen molar-refractivity contribution < 1.29 is 9.59 Å². The van der Waals surface area contributed by atoms with Crippen molar-refractivity contribution in [2.75, 3.05) is 11.4 Å². The first-order valence-corrected chi connectivity index (χ1v) is 6.57. The normalized spacial score (nSPS) is 23.5. The van der Waals surface area contributed by atoms with Crippen LogP contribution >= 0.6 is 0 Å². The van der Waals surface area contributed by atoms with E-state index in [1.54, 1.807) is 11.8 Å². The monoisotopic (exact) mass is 260 g/mol. The standard InChI is InChI=1S/C15H20N2O2/c1-5-15(4)14(19)17(9-13(18)16-15)12-7-6-10(2)11(3)8-12/h6-8H,5,9H2,1-4H3,(H,16,18). The molecule has 0 radical (unpaired) electrons. The highest BCUT2D eigenvalue weighted by Gasteiger charge is 2.42. The molecule has 1 unspecified atom stereocenters. The number of nitrogens with zero attached hydrogens (tertiary/aromatic N) is 1. The van der Waals surface area contributed by atoms with Gasteiger partial charge in [-0.1, -0.05) is 13.0 Å². The number of piperazine rings is 1. The Morgan fingerprint density at radius 1 is 1.26 bits per heavy atom. The molecule has 1 fully saturated rings. The average molecular weight is 260 g/mol. The zero-order valence-corrected chi connectivity index (χ0v) is 11.9. The number of hydrogen-bond acceptors (Lipinski definition) is 2. The van der Waals surface area contributed by atoms with Gasteiger partial charge in [0.15, 0.2) is 0 Å². The molecule has 2 rings (SSSR count). The second-order valence-electron chi connectivity index (χ2n) is 5.39. The van der Waals surface area contributed by atoms with E-state index in [-0.39, 0.29) is 18.4 Å². The summed E-state index contributed by atoms with van der Waals surface area (Å²) in [7, 11) is 0. The quantitative estimate of drug-likeness (QED) is 0.883. The fraction of sp³-hybridized carbons (Fsp3) is 0.467. The first-order chi connectivity index (χ1) is 8.87. The number of carbonyl (C=O) groups is 2.